The van der Waals surface area contributed by atoms with Gasteiger partial charge >= 0.3 is 0 Å². The summed E-state index contributed by atoms with van der Waals surface area (Å²) in [7, 11) is 0. The van der Waals surface area contributed by atoms with Crippen molar-refractivity contribution in [3.8, 4) is 5.69 Å². The molecule has 0 fully saturated rings. The Morgan fingerprint density at radius 3 is 2.50 bits per heavy atom. The van der Waals surface area contributed by atoms with Crippen molar-refractivity contribution in [1.29, 1.82) is 0 Å². The molecule has 5 rings (SSSR count). The lowest BCUT2D eigenvalue weighted by Gasteiger charge is -2.13. The SMILES string of the molecule is Cc1ccc(NC(=O)CSc2nnc3n(-c4ccccc4C)c(=O)c4ccccc4n23)c(C)c1. The lowest BCUT2D eigenvalue weighted by molar-refractivity contribution is -0.113. The lowest BCUT2D eigenvalue weighted by atomic mass is 10.1. The number of hydrogen-bond acceptors (Lipinski definition) is 5. The fraction of sp³-hybridized carbons (Fsp3) is 0.154. The Morgan fingerprint density at radius 2 is 1.71 bits per heavy atom. The summed E-state index contributed by atoms with van der Waals surface area (Å²) in [5, 5.41) is 12.8. The van der Waals surface area contributed by atoms with Crippen molar-refractivity contribution in [2.75, 3.05) is 11.1 Å². The molecule has 7 nitrogen and oxygen atoms in total. The number of rotatable bonds is 5. The van der Waals surface area contributed by atoms with E-state index in [4.69, 9.17) is 0 Å². The summed E-state index contributed by atoms with van der Waals surface area (Å²) in [4.78, 5) is 26.1. The van der Waals surface area contributed by atoms with Crippen molar-refractivity contribution in [2.45, 2.75) is 25.9 Å². The van der Waals surface area contributed by atoms with Gasteiger partial charge in [0.1, 0.15) is 0 Å². The molecule has 0 spiro atoms. The number of para-hydroxylation sites is 2. The molecule has 1 N–H and O–H groups in total. The molecule has 5 aromatic rings. The van der Waals surface area contributed by atoms with Crippen LogP contribution in [0.3, 0.4) is 0 Å². The minimum atomic E-state index is -0.158. The monoisotopic (exact) mass is 469 g/mol. The molecule has 0 saturated carbocycles. The summed E-state index contributed by atoms with van der Waals surface area (Å²) in [6.45, 7) is 5.95. The van der Waals surface area contributed by atoms with Gasteiger partial charge in [0, 0.05) is 5.69 Å². The smallest absolute Gasteiger partial charge is 0.267 e. The molecule has 170 valence electrons. The zero-order valence-corrected chi connectivity index (χ0v) is 19.9. The predicted molar refractivity (Wildman–Crippen MR) is 136 cm³/mol. The van der Waals surface area contributed by atoms with Gasteiger partial charge in [0.05, 0.1) is 22.3 Å². The molecule has 8 heteroatoms. The van der Waals surface area contributed by atoms with Crippen LogP contribution >= 0.6 is 11.8 Å². The molecule has 34 heavy (non-hydrogen) atoms. The van der Waals surface area contributed by atoms with Gasteiger partial charge in [0.25, 0.3) is 5.56 Å². The first-order chi connectivity index (χ1) is 16.4. The van der Waals surface area contributed by atoms with E-state index in [1.165, 1.54) is 11.8 Å². The van der Waals surface area contributed by atoms with E-state index in [0.717, 1.165) is 28.1 Å². The second-order valence-electron chi connectivity index (χ2n) is 8.22. The zero-order valence-electron chi connectivity index (χ0n) is 19.1. The van der Waals surface area contributed by atoms with Crippen molar-refractivity contribution >= 4 is 40.0 Å². The van der Waals surface area contributed by atoms with E-state index in [9.17, 15) is 9.59 Å². The highest BCUT2D eigenvalue weighted by Crippen LogP contribution is 2.24. The third-order valence-corrected chi connectivity index (χ3v) is 6.67. The van der Waals surface area contributed by atoms with Gasteiger partial charge in [-0.3, -0.25) is 14.0 Å². The Balaban J connectivity index is 1.55. The fourth-order valence-electron chi connectivity index (χ4n) is 4.07. The first kappa shape index (κ1) is 21.9. The number of fused-ring (bicyclic) bond motifs is 3. The first-order valence-electron chi connectivity index (χ1n) is 10.9. The molecule has 0 aliphatic carbocycles. The van der Waals surface area contributed by atoms with E-state index in [0.29, 0.717) is 21.8 Å². The zero-order chi connectivity index (χ0) is 23.8. The van der Waals surface area contributed by atoms with Crippen LogP contribution in [0.15, 0.2) is 76.7 Å². The lowest BCUT2D eigenvalue weighted by Crippen LogP contribution is -2.22. The number of aryl methyl sites for hydroxylation is 3. The molecule has 0 atom stereocenters. The maximum absolute atomic E-state index is 13.4. The number of nitrogens with zero attached hydrogens (tertiary/aromatic N) is 4. The minimum absolute atomic E-state index is 0.134. The van der Waals surface area contributed by atoms with Crippen molar-refractivity contribution < 1.29 is 4.79 Å². The molecule has 0 aliphatic heterocycles. The molecular weight excluding hydrogens is 446 g/mol. The second kappa shape index (κ2) is 8.79. The fourth-order valence-corrected chi connectivity index (χ4v) is 4.81. The number of hydrogen-bond donors (Lipinski definition) is 1. The van der Waals surface area contributed by atoms with Crippen LogP contribution in [0.2, 0.25) is 0 Å². The summed E-state index contributed by atoms with van der Waals surface area (Å²) in [5.41, 5.74) is 5.20. The van der Waals surface area contributed by atoms with Crippen LogP contribution in [-0.2, 0) is 4.79 Å². The predicted octanol–water partition coefficient (Wildman–Crippen LogP) is 4.69. The van der Waals surface area contributed by atoms with Gasteiger partial charge in [-0.25, -0.2) is 4.57 Å². The molecule has 2 aromatic heterocycles. The summed E-state index contributed by atoms with van der Waals surface area (Å²) >= 11 is 1.28. The number of carbonyl (C=O) groups is 1. The molecule has 1 amide bonds. The molecule has 0 aliphatic rings. The largest absolute Gasteiger partial charge is 0.325 e. The normalized spacial score (nSPS) is 11.3. The van der Waals surface area contributed by atoms with E-state index < -0.39 is 0 Å². The number of thioether (sulfide) groups is 1. The molecule has 0 radical (unpaired) electrons. The summed E-state index contributed by atoms with van der Waals surface area (Å²) in [6.07, 6.45) is 0. The maximum Gasteiger partial charge on any atom is 0.267 e. The van der Waals surface area contributed by atoms with Crippen LogP contribution in [0.4, 0.5) is 5.69 Å². The van der Waals surface area contributed by atoms with E-state index in [-0.39, 0.29) is 17.2 Å². The van der Waals surface area contributed by atoms with E-state index in [1.54, 1.807) is 10.6 Å². The van der Waals surface area contributed by atoms with E-state index in [2.05, 4.69) is 15.5 Å². The first-order valence-corrected chi connectivity index (χ1v) is 11.9. The van der Waals surface area contributed by atoms with Crippen LogP contribution in [0.25, 0.3) is 22.4 Å². The number of nitrogens with one attached hydrogen (secondary N) is 1. The van der Waals surface area contributed by atoms with E-state index in [1.807, 2.05) is 85.8 Å². The summed E-state index contributed by atoms with van der Waals surface area (Å²) in [6, 6.07) is 21.0. The highest BCUT2D eigenvalue weighted by Gasteiger charge is 2.19. The van der Waals surface area contributed by atoms with Gasteiger partial charge in [0.2, 0.25) is 11.7 Å². The average molecular weight is 470 g/mol. The van der Waals surface area contributed by atoms with Gasteiger partial charge in [-0.15, -0.1) is 10.2 Å². The molecule has 0 bridgehead atoms. The van der Waals surface area contributed by atoms with Gasteiger partial charge in [-0.05, 0) is 56.2 Å². The Labute approximate surface area is 200 Å². The molecule has 2 heterocycles. The maximum atomic E-state index is 13.4. The minimum Gasteiger partial charge on any atom is -0.325 e. The van der Waals surface area contributed by atoms with Crippen LogP contribution < -0.4 is 10.9 Å². The van der Waals surface area contributed by atoms with Crippen molar-refractivity contribution in [3.05, 3.63) is 93.8 Å². The van der Waals surface area contributed by atoms with Crippen molar-refractivity contribution in [2.24, 2.45) is 0 Å². The highest BCUT2D eigenvalue weighted by molar-refractivity contribution is 7.99. The van der Waals surface area contributed by atoms with Crippen LogP contribution in [0.1, 0.15) is 16.7 Å². The second-order valence-corrected chi connectivity index (χ2v) is 9.16. The van der Waals surface area contributed by atoms with Gasteiger partial charge in [-0.2, -0.15) is 0 Å². The van der Waals surface area contributed by atoms with Gasteiger partial charge in [0.15, 0.2) is 5.16 Å². The molecule has 0 unspecified atom stereocenters. The Hall–Kier alpha value is -3.91. The molecule has 3 aromatic carbocycles. The Bertz CT molecular complexity index is 1620. The van der Waals surface area contributed by atoms with E-state index >= 15 is 0 Å². The molecular formula is C26H23N5O2S. The van der Waals surface area contributed by atoms with Crippen LogP contribution in [0.5, 0.6) is 0 Å². The number of aromatic nitrogens is 4. The number of benzene rings is 3. The Morgan fingerprint density at radius 1 is 0.941 bits per heavy atom. The topological polar surface area (TPSA) is 81.3 Å². The van der Waals surface area contributed by atoms with Crippen LogP contribution in [-0.4, -0.2) is 30.8 Å². The molecule has 0 saturated heterocycles. The van der Waals surface area contributed by atoms with Crippen molar-refractivity contribution in [1.82, 2.24) is 19.2 Å². The quantitative estimate of drug-likeness (QED) is 0.378. The summed E-state index contributed by atoms with van der Waals surface area (Å²) in [5.74, 6) is 0.437. The van der Waals surface area contributed by atoms with Crippen LogP contribution in [0, 0.1) is 20.8 Å². The third kappa shape index (κ3) is 3.86. The number of carbonyl (C=O) groups excluding carboxylic acids is 1. The standard InChI is InChI=1S/C26H23N5O2S/c1-16-12-13-20(18(3)14-16)27-23(32)15-34-26-29-28-25-30(21-10-6-4-8-17(21)2)24(33)19-9-5-7-11-22(19)31(25)26/h4-14H,15H2,1-3H3,(H,27,32). The third-order valence-electron chi connectivity index (χ3n) is 5.74. The average Bonchev–Trinajstić information content (AvgIpc) is 3.25. The Kier molecular flexibility index (Phi) is 5.67. The van der Waals surface area contributed by atoms with Gasteiger partial charge in [-0.1, -0.05) is 59.8 Å². The highest BCUT2D eigenvalue weighted by atomic mass is 32.2. The number of anilines is 1. The summed E-state index contributed by atoms with van der Waals surface area (Å²) < 4.78 is 3.43. The van der Waals surface area contributed by atoms with Gasteiger partial charge < -0.3 is 5.32 Å². The number of amides is 1. The van der Waals surface area contributed by atoms with Crippen molar-refractivity contribution in [3.63, 3.8) is 0 Å².